The Kier molecular flexibility index (Phi) is 5.91. The van der Waals surface area contributed by atoms with E-state index < -0.39 is 46.6 Å². The van der Waals surface area contributed by atoms with E-state index in [4.69, 9.17) is 4.74 Å². The summed E-state index contributed by atoms with van der Waals surface area (Å²) < 4.78 is 4.47. The van der Waals surface area contributed by atoms with E-state index in [1.54, 1.807) is 44.2 Å². The molecule has 9 heteroatoms. The van der Waals surface area contributed by atoms with E-state index in [0.717, 1.165) is 11.8 Å². The molecule has 3 atom stereocenters. The Morgan fingerprint density at radius 2 is 2.00 bits per heavy atom. The first-order valence-corrected chi connectivity index (χ1v) is 8.38. The van der Waals surface area contributed by atoms with Crippen LogP contribution in [0.4, 0.5) is 0 Å². The average molecular weight is 366 g/mol. The average Bonchev–Trinajstić information content (AvgIpc) is 2.86. The maximum Gasteiger partial charge on any atom is 0.322 e. The van der Waals surface area contributed by atoms with Crippen LogP contribution in [0.3, 0.4) is 0 Å². The molecule has 136 valence electrons. The van der Waals surface area contributed by atoms with Gasteiger partial charge in [-0.25, -0.2) is 0 Å². The molecule has 8 nitrogen and oxygen atoms in total. The SMILES string of the molecule is CC1(C)S[C@H]([C@H](N=C([O-])COc2ccccc2)C(=O)[O-])NC1C(=O)O. The van der Waals surface area contributed by atoms with Gasteiger partial charge in [-0.15, -0.1) is 11.8 Å². The molecular formula is C16H18N2O6S-2. The number of aliphatic carboxylic acids is 2. The van der Waals surface area contributed by atoms with Crippen molar-refractivity contribution in [3.05, 3.63) is 30.3 Å². The standard InChI is InChI=1S/C16H20N2O6S/c1-16(2)12(15(22)23)18-13(25-16)11(14(20)21)17-10(19)8-24-9-6-4-3-5-7-9/h3-7,11-13,18H,8H2,1-2H3,(H,17,19)(H,20,21)(H,22,23)/p-2/t11-,12?,13+/m0/s1. The van der Waals surface area contributed by atoms with Gasteiger partial charge in [0.05, 0.1) is 11.3 Å². The van der Waals surface area contributed by atoms with Crippen molar-refractivity contribution in [2.24, 2.45) is 4.99 Å². The number of para-hydroxylation sites is 1. The van der Waals surface area contributed by atoms with Crippen LogP contribution in [0.25, 0.3) is 0 Å². The van der Waals surface area contributed by atoms with Crippen LogP contribution in [0.2, 0.25) is 0 Å². The molecule has 0 spiro atoms. The number of hydrogen-bond donors (Lipinski definition) is 2. The molecule has 0 aliphatic carbocycles. The number of carbonyl (C=O) groups excluding carboxylic acids is 1. The highest BCUT2D eigenvalue weighted by Gasteiger charge is 2.47. The summed E-state index contributed by atoms with van der Waals surface area (Å²) >= 11 is 1.10. The molecule has 1 unspecified atom stereocenters. The lowest BCUT2D eigenvalue weighted by Gasteiger charge is -2.24. The quantitative estimate of drug-likeness (QED) is 0.456. The second kappa shape index (κ2) is 7.75. The fraction of sp³-hybridized carbons (Fsp3) is 0.438. The third-order valence-electron chi connectivity index (χ3n) is 3.62. The van der Waals surface area contributed by atoms with Crippen LogP contribution in [-0.4, -0.2) is 51.8 Å². The van der Waals surface area contributed by atoms with Crippen LogP contribution in [0, 0.1) is 0 Å². The molecule has 0 amide bonds. The predicted octanol–water partition coefficient (Wildman–Crippen LogP) is -1.16. The topological polar surface area (TPSA) is 134 Å². The zero-order valence-corrected chi connectivity index (χ0v) is 14.5. The van der Waals surface area contributed by atoms with Gasteiger partial charge in [0.2, 0.25) is 0 Å². The Morgan fingerprint density at radius 1 is 1.36 bits per heavy atom. The number of aliphatic imine (C=N–C) groups is 1. The first-order chi connectivity index (χ1) is 11.7. The van der Waals surface area contributed by atoms with Gasteiger partial charge in [-0.3, -0.25) is 15.1 Å². The Morgan fingerprint density at radius 3 is 2.52 bits per heavy atom. The smallest absolute Gasteiger partial charge is 0.322 e. The van der Waals surface area contributed by atoms with E-state index in [1.807, 2.05) is 0 Å². The van der Waals surface area contributed by atoms with Crippen LogP contribution in [-0.2, 0) is 9.59 Å². The fourth-order valence-corrected chi connectivity index (χ4v) is 3.88. The summed E-state index contributed by atoms with van der Waals surface area (Å²) in [7, 11) is 0. The Balaban J connectivity index is 2.07. The van der Waals surface area contributed by atoms with Crippen molar-refractivity contribution in [1.29, 1.82) is 0 Å². The number of rotatable bonds is 7. The molecule has 0 saturated carbocycles. The number of nitrogens with zero attached hydrogens (tertiary/aromatic N) is 1. The number of carboxylic acid groups (broad SMARTS) is 2. The van der Waals surface area contributed by atoms with Gasteiger partial charge in [0.15, 0.2) is 0 Å². The van der Waals surface area contributed by atoms with Crippen LogP contribution < -0.4 is 20.3 Å². The summed E-state index contributed by atoms with van der Waals surface area (Å²) in [4.78, 5) is 26.3. The summed E-state index contributed by atoms with van der Waals surface area (Å²) in [6, 6.07) is 6.07. The van der Waals surface area contributed by atoms with Gasteiger partial charge in [-0.1, -0.05) is 18.2 Å². The highest BCUT2D eigenvalue weighted by Crippen LogP contribution is 2.39. The van der Waals surface area contributed by atoms with Crippen molar-refractivity contribution in [2.75, 3.05) is 6.61 Å². The molecule has 1 saturated heterocycles. The molecule has 0 bridgehead atoms. The molecule has 1 aromatic rings. The fourth-order valence-electron chi connectivity index (χ4n) is 2.42. The van der Waals surface area contributed by atoms with Crippen molar-refractivity contribution >= 4 is 29.6 Å². The number of benzene rings is 1. The Bertz CT molecular complexity index is 664. The molecule has 2 N–H and O–H groups in total. The minimum atomic E-state index is -1.56. The van der Waals surface area contributed by atoms with Gasteiger partial charge in [-0.05, 0) is 31.9 Å². The minimum absolute atomic E-state index is 0.420. The highest BCUT2D eigenvalue weighted by atomic mass is 32.2. The summed E-state index contributed by atoms with van der Waals surface area (Å²) in [5.41, 5.74) is 0. The molecular weight excluding hydrogens is 348 g/mol. The maximum absolute atomic E-state index is 11.9. The number of hydrogen-bond acceptors (Lipinski definition) is 8. The third kappa shape index (κ3) is 4.86. The molecule has 1 aromatic carbocycles. The third-order valence-corrected chi connectivity index (χ3v) is 5.11. The number of carboxylic acids is 2. The van der Waals surface area contributed by atoms with Crippen molar-refractivity contribution < 1.29 is 29.6 Å². The molecule has 25 heavy (non-hydrogen) atoms. The highest BCUT2D eigenvalue weighted by molar-refractivity contribution is 8.01. The number of nitrogens with one attached hydrogen (secondary N) is 1. The van der Waals surface area contributed by atoms with Gasteiger partial charge >= 0.3 is 5.97 Å². The van der Waals surface area contributed by atoms with Gasteiger partial charge in [-0.2, -0.15) is 0 Å². The van der Waals surface area contributed by atoms with E-state index in [-0.39, 0.29) is 0 Å². The Hall–Kier alpha value is -2.26. The normalized spacial score (nSPS) is 23.8. The number of ether oxygens (including phenoxy) is 1. The number of thioether (sulfide) groups is 1. The maximum atomic E-state index is 11.9. The van der Waals surface area contributed by atoms with Crippen molar-refractivity contribution in [3.63, 3.8) is 0 Å². The number of carbonyl (C=O) groups is 2. The first-order valence-electron chi connectivity index (χ1n) is 7.50. The molecule has 0 aromatic heterocycles. The summed E-state index contributed by atoms with van der Waals surface area (Å²) in [6.07, 6.45) is 0. The van der Waals surface area contributed by atoms with Crippen LogP contribution >= 0.6 is 11.8 Å². The second-order valence-electron chi connectivity index (χ2n) is 5.97. The summed E-state index contributed by atoms with van der Waals surface area (Å²) in [5, 5.41) is 34.3. The monoisotopic (exact) mass is 366 g/mol. The predicted molar refractivity (Wildman–Crippen MR) is 88.2 cm³/mol. The lowest BCUT2D eigenvalue weighted by molar-refractivity contribution is -0.307. The van der Waals surface area contributed by atoms with Gasteiger partial charge < -0.3 is 24.9 Å². The van der Waals surface area contributed by atoms with Crippen molar-refractivity contribution in [1.82, 2.24) is 5.32 Å². The molecule has 1 heterocycles. The summed E-state index contributed by atoms with van der Waals surface area (Å²) in [6.45, 7) is 2.93. The van der Waals surface area contributed by atoms with E-state index >= 15 is 0 Å². The second-order valence-corrected chi connectivity index (χ2v) is 7.76. The lowest BCUT2D eigenvalue weighted by atomic mass is 10.0. The molecule has 0 radical (unpaired) electrons. The largest absolute Gasteiger partial charge is 0.860 e. The zero-order valence-electron chi connectivity index (χ0n) is 13.7. The van der Waals surface area contributed by atoms with Gasteiger partial charge in [0, 0.05) is 4.75 Å². The molecule has 1 aliphatic heterocycles. The van der Waals surface area contributed by atoms with E-state index in [0.29, 0.717) is 5.75 Å². The van der Waals surface area contributed by atoms with Crippen molar-refractivity contribution in [2.45, 2.75) is 36.1 Å². The first kappa shape index (κ1) is 19.1. The van der Waals surface area contributed by atoms with Gasteiger partial charge in [0.1, 0.15) is 24.4 Å². The summed E-state index contributed by atoms with van der Waals surface area (Å²) in [5.74, 6) is -2.97. The lowest BCUT2D eigenvalue weighted by Crippen LogP contribution is -2.50. The van der Waals surface area contributed by atoms with E-state index in [9.17, 15) is 24.9 Å². The Labute approximate surface area is 148 Å². The zero-order chi connectivity index (χ0) is 18.6. The van der Waals surface area contributed by atoms with Crippen LogP contribution in [0.15, 0.2) is 35.3 Å². The van der Waals surface area contributed by atoms with Crippen LogP contribution in [0.5, 0.6) is 5.75 Å². The van der Waals surface area contributed by atoms with Crippen LogP contribution in [0.1, 0.15) is 13.8 Å². The van der Waals surface area contributed by atoms with E-state index in [2.05, 4.69) is 10.3 Å². The molecule has 1 aliphatic rings. The molecule has 1 fully saturated rings. The van der Waals surface area contributed by atoms with Crippen molar-refractivity contribution in [3.8, 4) is 5.75 Å². The van der Waals surface area contributed by atoms with Gasteiger partial charge in [0.25, 0.3) is 0 Å². The molecule has 2 rings (SSSR count). The van der Waals surface area contributed by atoms with E-state index in [1.165, 1.54) is 0 Å². The minimum Gasteiger partial charge on any atom is -0.860 e.